The molecule has 41 heavy (non-hydrogen) atoms. The van der Waals surface area contributed by atoms with Gasteiger partial charge in [-0.15, -0.1) is 0 Å². The van der Waals surface area contributed by atoms with E-state index in [1.165, 1.54) is 13.8 Å². The van der Waals surface area contributed by atoms with Gasteiger partial charge in [0, 0.05) is 54.1 Å². The van der Waals surface area contributed by atoms with Crippen molar-refractivity contribution in [2.24, 2.45) is 45.3 Å². The highest BCUT2D eigenvalue weighted by Crippen LogP contribution is 2.81. The molecular weight excluding hydrogens is 528 g/mol. The van der Waals surface area contributed by atoms with Gasteiger partial charge in [0.1, 0.15) is 23.3 Å². The highest BCUT2D eigenvalue weighted by Gasteiger charge is 2.86. The maximum Gasteiger partial charge on any atom is 0.330 e. The Morgan fingerprint density at radius 2 is 1.66 bits per heavy atom. The zero-order valence-electron chi connectivity index (χ0n) is 25.0. The van der Waals surface area contributed by atoms with E-state index in [1.54, 1.807) is 19.9 Å². The van der Waals surface area contributed by atoms with Crippen molar-refractivity contribution in [3.63, 3.8) is 0 Å². The van der Waals surface area contributed by atoms with Gasteiger partial charge in [0.25, 0.3) is 0 Å². The summed E-state index contributed by atoms with van der Waals surface area (Å²) in [5.74, 6) is -4.05. The van der Waals surface area contributed by atoms with Crippen molar-refractivity contribution in [1.82, 2.24) is 0 Å². The van der Waals surface area contributed by atoms with E-state index >= 15 is 0 Å². The number of hydrogen-bond donors (Lipinski definition) is 3. The summed E-state index contributed by atoms with van der Waals surface area (Å²) in [6, 6.07) is 0. The molecule has 0 heterocycles. The van der Waals surface area contributed by atoms with Crippen LogP contribution in [0.3, 0.4) is 0 Å². The third-order valence-corrected chi connectivity index (χ3v) is 12.6. The monoisotopic (exact) mass is 570 g/mol. The molecule has 0 aromatic rings. The maximum atomic E-state index is 14.2. The molecule has 5 aliphatic carbocycles. The number of aliphatic carboxylic acids is 1. The summed E-state index contributed by atoms with van der Waals surface area (Å²) >= 11 is 0. The van der Waals surface area contributed by atoms with Crippen LogP contribution in [0.25, 0.3) is 0 Å². The second-order valence-corrected chi connectivity index (χ2v) is 14.2. The van der Waals surface area contributed by atoms with Crippen LogP contribution in [0.5, 0.6) is 0 Å². The third-order valence-electron chi connectivity index (χ3n) is 12.6. The third kappa shape index (κ3) is 3.28. The molecule has 0 saturated heterocycles. The first-order valence-electron chi connectivity index (χ1n) is 14.6. The number of fused-ring (bicyclic) bond motifs is 3. The lowest BCUT2D eigenvalue weighted by atomic mass is 9.28. The van der Waals surface area contributed by atoms with Crippen molar-refractivity contribution < 1.29 is 44.0 Å². The number of allylic oxidation sites excluding steroid dienone is 2. The molecular formula is C32H42O9. The minimum atomic E-state index is -1.81. The Bertz CT molecular complexity index is 1340. The van der Waals surface area contributed by atoms with E-state index in [2.05, 4.69) is 0 Å². The highest BCUT2D eigenvalue weighted by molar-refractivity contribution is 6.10. The van der Waals surface area contributed by atoms with Crippen molar-refractivity contribution in [2.45, 2.75) is 92.3 Å². The second kappa shape index (κ2) is 8.93. The molecule has 10 atom stereocenters. The Kier molecular flexibility index (Phi) is 6.50. The van der Waals surface area contributed by atoms with E-state index in [0.29, 0.717) is 24.0 Å². The van der Waals surface area contributed by atoms with Crippen LogP contribution >= 0.6 is 0 Å². The lowest BCUT2D eigenvalue weighted by molar-refractivity contribution is -0.280. The van der Waals surface area contributed by atoms with Crippen molar-refractivity contribution in [2.75, 3.05) is 6.61 Å². The van der Waals surface area contributed by atoms with Gasteiger partial charge in [-0.1, -0.05) is 33.8 Å². The Hall–Kier alpha value is -2.65. The molecule has 9 heteroatoms. The lowest BCUT2D eigenvalue weighted by Crippen LogP contribution is -2.82. The van der Waals surface area contributed by atoms with Crippen LogP contribution in [0, 0.1) is 45.3 Å². The predicted octanol–water partition coefficient (Wildman–Crippen LogP) is 3.20. The Labute approximate surface area is 240 Å². The molecule has 0 bridgehead atoms. The van der Waals surface area contributed by atoms with Crippen LogP contribution in [0.1, 0.15) is 80.6 Å². The summed E-state index contributed by atoms with van der Waals surface area (Å²) in [5, 5.41) is 32.3. The smallest absolute Gasteiger partial charge is 0.330 e. The number of rotatable bonds is 7. The second-order valence-electron chi connectivity index (χ2n) is 14.2. The molecule has 9 nitrogen and oxygen atoms in total. The first-order valence-corrected chi connectivity index (χ1v) is 14.6. The Balaban J connectivity index is 1.71. The number of carbonyl (C=O) groups excluding carboxylic acids is 4. The average Bonchev–Trinajstić information content (AvgIpc) is 3.11. The Morgan fingerprint density at radius 3 is 2.22 bits per heavy atom. The number of hydrogen-bond acceptors (Lipinski definition) is 8. The number of carboxylic acids is 1. The summed E-state index contributed by atoms with van der Waals surface area (Å²) in [4.78, 5) is 65.8. The van der Waals surface area contributed by atoms with Crippen LogP contribution in [0.2, 0.25) is 0 Å². The number of Topliss-reactive ketones (excluding diaryl/α,β-unsaturated/α-hetero) is 3. The van der Waals surface area contributed by atoms with Gasteiger partial charge in [0.2, 0.25) is 0 Å². The van der Waals surface area contributed by atoms with Gasteiger partial charge in [-0.3, -0.25) is 19.2 Å². The maximum absolute atomic E-state index is 14.2. The molecule has 3 N–H and O–H groups in total. The number of aliphatic hydroxyl groups excluding tert-OH is 1. The largest absolute Gasteiger partial charge is 0.478 e. The molecule has 0 aromatic heterocycles. The number of carbonyl (C=O) groups is 5. The van der Waals surface area contributed by atoms with Crippen molar-refractivity contribution >= 4 is 29.3 Å². The highest BCUT2D eigenvalue weighted by atomic mass is 16.6. The van der Waals surface area contributed by atoms with Gasteiger partial charge in [-0.05, 0) is 50.0 Å². The van der Waals surface area contributed by atoms with E-state index in [-0.39, 0.29) is 54.0 Å². The van der Waals surface area contributed by atoms with Gasteiger partial charge in [0.15, 0.2) is 5.78 Å². The number of esters is 1. The summed E-state index contributed by atoms with van der Waals surface area (Å²) in [7, 11) is 0. The summed E-state index contributed by atoms with van der Waals surface area (Å²) in [5.41, 5.74) is -5.37. The first kappa shape index (κ1) is 29.8. The topological polar surface area (TPSA) is 155 Å². The van der Waals surface area contributed by atoms with Crippen LogP contribution in [-0.2, 0) is 28.7 Å². The molecule has 0 unspecified atom stereocenters. The summed E-state index contributed by atoms with van der Waals surface area (Å²) in [6.07, 6.45) is 1.54. The number of carboxylic acid groups (broad SMARTS) is 1. The van der Waals surface area contributed by atoms with Gasteiger partial charge < -0.3 is 20.1 Å². The molecule has 3 fully saturated rings. The molecule has 5 rings (SSSR count). The molecule has 5 aliphatic rings. The zero-order chi connectivity index (χ0) is 30.7. The van der Waals surface area contributed by atoms with Gasteiger partial charge >= 0.3 is 11.9 Å². The number of aliphatic hydroxyl groups is 2. The average molecular weight is 571 g/mol. The molecule has 0 amide bonds. The van der Waals surface area contributed by atoms with E-state index in [1.807, 2.05) is 20.8 Å². The number of ether oxygens (including phenoxy) is 1. The standard InChI is InChI=1S/C32H42O9/c1-15(9-8-10-16(2)26(38)39)18-11-23(37)31(7)24-19(35)12-20-28(4,14-33)22(36)13-21-29(20,5)25(24)32(21,40)27(30(18,31)6)41-17(3)34/h10,15,18,20-21,27,33,40H,8-9,11-14H2,1-7H3,(H,38,39)/b16-10-/t15-,18-,20-,21+,27+,28-,29-,30+,31+,32-/m1/s1. The van der Waals surface area contributed by atoms with Crippen molar-refractivity contribution in [1.29, 1.82) is 0 Å². The molecule has 0 spiro atoms. The van der Waals surface area contributed by atoms with Gasteiger partial charge in [-0.2, -0.15) is 0 Å². The van der Waals surface area contributed by atoms with Crippen molar-refractivity contribution in [3.05, 3.63) is 22.8 Å². The fraction of sp³-hybridized carbons (Fsp3) is 0.719. The first-order chi connectivity index (χ1) is 18.9. The molecule has 0 radical (unpaired) electrons. The summed E-state index contributed by atoms with van der Waals surface area (Å²) in [6.45, 7) is 11.5. The van der Waals surface area contributed by atoms with E-state index < -0.39 is 63.7 Å². The fourth-order valence-corrected chi connectivity index (χ4v) is 10.2. The normalized spacial score (nSPS) is 45.6. The quantitative estimate of drug-likeness (QED) is 0.309. The zero-order valence-corrected chi connectivity index (χ0v) is 25.0. The van der Waals surface area contributed by atoms with Crippen LogP contribution < -0.4 is 0 Å². The SMILES string of the molecule is CC(=O)O[C@@H]1[C@]2(O)C3=C(C(=O)C[C@H]4[C@]3(C)[C@@H]2CC(=O)[C@]4(C)CO)[C@]2(C)C(=O)C[C@H]([C@H](C)CC/C=C(/C)C(=O)O)[C@@]12C. The van der Waals surface area contributed by atoms with Crippen LogP contribution in [0.4, 0.5) is 0 Å². The molecule has 224 valence electrons. The Morgan fingerprint density at radius 1 is 1.02 bits per heavy atom. The van der Waals surface area contributed by atoms with Crippen molar-refractivity contribution in [3.8, 4) is 0 Å². The molecule has 0 aromatic carbocycles. The lowest BCUT2D eigenvalue weighted by Gasteiger charge is -2.76. The number of ketones is 3. The minimum absolute atomic E-state index is 0.0125. The van der Waals surface area contributed by atoms with Gasteiger partial charge in [-0.25, -0.2) is 4.79 Å². The summed E-state index contributed by atoms with van der Waals surface area (Å²) < 4.78 is 6.03. The fourth-order valence-electron chi connectivity index (χ4n) is 10.2. The van der Waals surface area contributed by atoms with Gasteiger partial charge in [0.05, 0.1) is 17.4 Å². The predicted molar refractivity (Wildman–Crippen MR) is 146 cm³/mol. The van der Waals surface area contributed by atoms with Crippen LogP contribution in [-0.4, -0.2) is 62.9 Å². The molecule has 0 aliphatic heterocycles. The molecule has 3 saturated carbocycles. The van der Waals surface area contributed by atoms with E-state index in [0.717, 1.165) is 0 Å². The van der Waals surface area contributed by atoms with E-state index in [9.17, 15) is 39.3 Å². The minimum Gasteiger partial charge on any atom is -0.478 e. The van der Waals surface area contributed by atoms with Crippen LogP contribution in [0.15, 0.2) is 22.8 Å². The van der Waals surface area contributed by atoms with E-state index in [4.69, 9.17) is 4.74 Å².